The minimum absolute atomic E-state index is 0.113. The Hall–Kier alpha value is -3.49. The third-order valence-electron chi connectivity index (χ3n) is 6.03. The van der Waals surface area contributed by atoms with Crippen LogP contribution < -0.4 is 5.32 Å². The number of furan rings is 1. The molecule has 176 valence electrons. The van der Waals surface area contributed by atoms with Crippen molar-refractivity contribution in [3.8, 4) is 11.5 Å². The molecule has 0 saturated carbocycles. The van der Waals surface area contributed by atoms with E-state index in [9.17, 15) is 4.79 Å². The minimum atomic E-state index is -0.165. The van der Waals surface area contributed by atoms with Crippen molar-refractivity contribution in [3.63, 3.8) is 0 Å². The molecule has 34 heavy (non-hydrogen) atoms. The molecule has 1 amide bonds. The van der Waals surface area contributed by atoms with Crippen LogP contribution in [0.3, 0.4) is 0 Å². The first-order chi connectivity index (χ1) is 16.6. The normalized spacial score (nSPS) is 14.7. The summed E-state index contributed by atoms with van der Waals surface area (Å²) in [5.74, 6) is 0.449. The van der Waals surface area contributed by atoms with Crippen molar-refractivity contribution >= 4 is 16.9 Å². The molecule has 4 aromatic rings. The lowest BCUT2D eigenvalue weighted by molar-refractivity contribution is 0.0342. The molecule has 0 aliphatic carbocycles. The maximum atomic E-state index is 13.3. The van der Waals surface area contributed by atoms with Gasteiger partial charge in [0.2, 0.25) is 0 Å². The lowest BCUT2D eigenvalue weighted by Gasteiger charge is -2.26. The van der Waals surface area contributed by atoms with E-state index in [1.165, 1.54) is 5.56 Å². The van der Waals surface area contributed by atoms with E-state index in [-0.39, 0.29) is 11.9 Å². The van der Waals surface area contributed by atoms with Crippen LogP contribution in [0.25, 0.3) is 22.5 Å². The molecular formula is C26H29N5O3. The van der Waals surface area contributed by atoms with Gasteiger partial charge in [0.25, 0.3) is 5.91 Å². The largest absolute Gasteiger partial charge is 0.463 e. The molecular weight excluding hydrogens is 430 g/mol. The van der Waals surface area contributed by atoms with Gasteiger partial charge in [0, 0.05) is 32.2 Å². The van der Waals surface area contributed by atoms with E-state index < -0.39 is 0 Å². The summed E-state index contributed by atoms with van der Waals surface area (Å²) in [5.41, 5.74) is 4.11. The van der Waals surface area contributed by atoms with Crippen LogP contribution in [0, 0.1) is 0 Å². The van der Waals surface area contributed by atoms with E-state index in [1.807, 2.05) is 42.8 Å². The second kappa shape index (κ2) is 9.79. The van der Waals surface area contributed by atoms with Gasteiger partial charge in [-0.2, -0.15) is 5.10 Å². The summed E-state index contributed by atoms with van der Waals surface area (Å²) in [5, 5.41) is 8.28. The quantitative estimate of drug-likeness (QED) is 0.449. The first-order valence-electron chi connectivity index (χ1n) is 11.7. The average Bonchev–Trinajstić information content (AvgIpc) is 3.53. The number of ether oxygens (including phenoxy) is 1. The van der Waals surface area contributed by atoms with Crippen molar-refractivity contribution in [1.82, 2.24) is 25.0 Å². The Morgan fingerprint density at radius 2 is 1.94 bits per heavy atom. The summed E-state index contributed by atoms with van der Waals surface area (Å²) in [6.07, 6.45) is 3.32. The molecule has 4 heterocycles. The maximum absolute atomic E-state index is 13.3. The molecule has 0 unspecified atom stereocenters. The Morgan fingerprint density at radius 1 is 1.12 bits per heavy atom. The zero-order valence-corrected chi connectivity index (χ0v) is 19.5. The third-order valence-corrected chi connectivity index (χ3v) is 6.03. The second-order valence-corrected chi connectivity index (χ2v) is 8.84. The number of aromatic nitrogens is 3. The number of hydrogen-bond donors (Lipinski definition) is 1. The number of rotatable bonds is 7. The van der Waals surface area contributed by atoms with E-state index in [0.29, 0.717) is 29.2 Å². The summed E-state index contributed by atoms with van der Waals surface area (Å²) in [7, 11) is 0. The molecule has 3 aromatic heterocycles. The molecule has 0 radical (unpaired) electrons. The highest BCUT2D eigenvalue weighted by molar-refractivity contribution is 6.06. The maximum Gasteiger partial charge on any atom is 0.252 e. The number of hydrogen-bond acceptors (Lipinski definition) is 6. The van der Waals surface area contributed by atoms with Gasteiger partial charge in [-0.15, -0.1) is 0 Å². The fourth-order valence-corrected chi connectivity index (χ4v) is 4.27. The molecule has 0 bridgehead atoms. The Labute approximate surface area is 198 Å². The molecule has 8 heteroatoms. The first-order valence-corrected chi connectivity index (χ1v) is 11.7. The Kier molecular flexibility index (Phi) is 6.42. The summed E-state index contributed by atoms with van der Waals surface area (Å²) in [6, 6.07) is 13.9. The smallest absolute Gasteiger partial charge is 0.252 e. The van der Waals surface area contributed by atoms with Crippen molar-refractivity contribution in [2.24, 2.45) is 0 Å². The Bertz CT molecular complexity index is 1270. The van der Waals surface area contributed by atoms with Crippen LogP contribution in [-0.2, 0) is 17.8 Å². The van der Waals surface area contributed by atoms with Gasteiger partial charge < -0.3 is 14.5 Å². The summed E-state index contributed by atoms with van der Waals surface area (Å²) in [6.45, 7) is 8.86. The molecule has 1 saturated heterocycles. The fraction of sp³-hybridized carbons (Fsp3) is 0.346. The summed E-state index contributed by atoms with van der Waals surface area (Å²) in [4.78, 5) is 20.4. The SMILES string of the molecule is CC(C)n1ncc2c(C(=O)NCc3cccc(CN4CCOCC4)c3)cc(-c3ccco3)nc21. The fourth-order valence-electron chi connectivity index (χ4n) is 4.27. The van der Waals surface area contributed by atoms with Gasteiger partial charge >= 0.3 is 0 Å². The number of nitrogens with zero attached hydrogens (tertiary/aromatic N) is 4. The minimum Gasteiger partial charge on any atom is -0.463 e. The molecule has 0 spiro atoms. The summed E-state index contributed by atoms with van der Waals surface area (Å²) < 4.78 is 12.8. The number of morpholine rings is 1. The second-order valence-electron chi connectivity index (χ2n) is 8.84. The highest BCUT2D eigenvalue weighted by Gasteiger charge is 2.19. The predicted molar refractivity (Wildman–Crippen MR) is 129 cm³/mol. The highest BCUT2D eigenvalue weighted by Crippen LogP contribution is 2.26. The van der Waals surface area contributed by atoms with Gasteiger partial charge in [-0.3, -0.25) is 9.69 Å². The van der Waals surface area contributed by atoms with Crippen molar-refractivity contribution in [2.75, 3.05) is 26.3 Å². The van der Waals surface area contributed by atoms with E-state index in [1.54, 1.807) is 18.5 Å². The standard InChI is InChI=1S/C26H29N5O3/c1-18(2)31-25-22(16-28-31)21(14-23(29-25)24-7-4-10-34-24)26(32)27-15-19-5-3-6-20(13-19)17-30-8-11-33-12-9-30/h3-7,10,13-14,16,18H,8-9,11-12,15,17H2,1-2H3,(H,27,32). The zero-order chi connectivity index (χ0) is 23.5. The lowest BCUT2D eigenvalue weighted by atomic mass is 10.1. The Balaban J connectivity index is 1.37. The topological polar surface area (TPSA) is 85.4 Å². The Morgan fingerprint density at radius 3 is 2.71 bits per heavy atom. The van der Waals surface area contributed by atoms with Crippen molar-refractivity contribution in [3.05, 3.63) is 71.6 Å². The van der Waals surface area contributed by atoms with Crippen molar-refractivity contribution in [2.45, 2.75) is 33.0 Å². The van der Waals surface area contributed by atoms with Gasteiger partial charge in [0.15, 0.2) is 11.4 Å². The van der Waals surface area contributed by atoms with Gasteiger partial charge in [0.05, 0.1) is 36.6 Å². The van der Waals surface area contributed by atoms with Gasteiger partial charge in [0.1, 0.15) is 5.69 Å². The third kappa shape index (κ3) is 4.73. The number of carbonyl (C=O) groups is 1. The van der Waals surface area contributed by atoms with E-state index in [0.717, 1.165) is 43.8 Å². The predicted octanol–water partition coefficient (Wildman–Crippen LogP) is 4.03. The number of fused-ring (bicyclic) bond motifs is 1. The number of benzene rings is 1. The number of nitrogens with one attached hydrogen (secondary N) is 1. The number of pyridine rings is 1. The van der Waals surface area contributed by atoms with Gasteiger partial charge in [-0.25, -0.2) is 9.67 Å². The van der Waals surface area contributed by atoms with Crippen molar-refractivity contribution < 1.29 is 13.9 Å². The van der Waals surface area contributed by atoms with Gasteiger partial charge in [-0.1, -0.05) is 24.3 Å². The molecule has 1 aliphatic heterocycles. The van der Waals surface area contributed by atoms with E-state index in [4.69, 9.17) is 14.1 Å². The van der Waals surface area contributed by atoms with Crippen LogP contribution in [-0.4, -0.2) is 51.9 Å². The molecule has 1 aliphatic rings. The van der Waals surface area contributed by atoms with E-state index >= 15 is 0 Å². The molecule has 8 nitrogen and oxygen atoms in total. The van der Waals surface area contributed by atoms with Gasteiger partial charge in [-0.05, 0) is 43.2 Å². The molecule has 1 fully saturated rings. The van der Waals surface area contributed by atoms with Crippen LogP contribution in [0.2, 0.25) is 0 Å². The van der Waals surface area contributed by atoms with Crippen LogP contribution >= 0.6 is 0 Å². The lowest BCUT2D eigenvalue weighted by Crippen LogP contribution is -2.35. The number of amides is 1. The van der Waals surface area contributed by atoms with Crippen LogP contribution in [0.1, 0.15) is 41.4 Å². The summed E-state index contributed by atoms with van der Waals surface area (Å²) >= 11 is 0. The molecule has 1 N–H and O–H groups in total. The molecule has 0 atom stereocenters. The monoisotopic (exact) mass is 459 g/mol. The van der Waals surface area contributed by atoms with E-state index in [2.05, 4.69) is 27.4 Å². The van der Waals surface area contributed by atoms with Crippen molar-refractivity contribution in [1.29, 1.82) is 0 Å². The average molecular weight is 460 g/mol. The van der Waals surface area contributed by atoms with Crippen LogP contribution in [0.4, 0.5) is 0 Å². The zero-order valence-electron chi connectivity index (χ0n) is 19.5. The highest BCUT2D eigenvalue weighted by atomic mass is 16.5. The van der Waals surface area contributed by atoms with Crippen LogP contribution in [0.15, 0.2) is 59.3 Å². The molecule has 5 rings (SSSR count). The first kappa shape index (κ1) is 22.3. The number of carbonyl (C=O) groups excluding carboxylic acids is 1. The molecule has 1 aromatic carbocycles. The van der Waals surface area contributed by atoms with Crippen LogP contribution in [0.5, 0.6) is 0 Å².